The molecule has 23 heavy (non-hydrogen) atoms. The molecule has 2 aromatic rings. The fraction of sp³-hybridized carbons (Fsp3) is 0.412. The summed E-state index contributed by atoms with van der Waals surface area (Å²) in [5.41, 5.74) is 1.43. The molecule has 0 fully saturated rings. The molecule has 0 saturated carbocycles. The molecule has 0 radical (unpaired) electrons. The molecule has 0 spiro atoms. The van der Waals surface area contributed by atoms with Gasteiger partial charge in [0.15, 0.2) is 11.6 Å². The molecule has 1 aromatic carbocycles. The number of furan rings is 1. The molecule has 1 aliphatic heterocycles. The molecule has 1 aromatic heterocycles. The molecule has 1 unspecified atom stereocenters. The van der Waals surface area contributed by atoms with E-state index in [4.69, 9.17) is 9.15 Å². The SMILES string of the molecule is OC(COCc1ccco1)CN1CCCc2cc(F)c(F)cc21. The highest BCUT2D eigenvalue weighted by molar-refractivity contribution is 5.56. The first-order chi connectivity index (χ1) is 11.1. The molecule has 4 nitrogen and oxygen atoms in total. The third-order valence-corrected chi connectivity index (χ3v) is 3.90. The molecule has 1 aliphatic rings. The third kappa shape index (κ3) is 3.89. The van der Waals surface area contributed by atoms with Gasteiger partial charge in [-0.05, 0) is 36.6 Å². The van der Waals surface area contributed by atoms with Gasteiger partial charge in [-0.25, -0.2) is 8.78 Å². The van der Waals surface area contributed by atoms with Crippen LogP contribution in [0.4, 0.5) is 14.5 Å². The Morgan fingerprint density at radius 3 is 2.91 bits per heavy atom. The maximum Gasteiger partial charge on any atom is 0.160 e. The van der Waals surface area contributed by atoms with Crippen molar-refractivity contribution in [1.82, 2.24) is 0 Å². The molecule has 124 valence electrons. The van der Waals surface area contributed by atoms with Crippen molar-refractivity contribution in [2.75, 3.05) is 24.6 Å². The Bertz CT molecular complexity index is 646. The van der Waals surface area contributed by atoms with Crippen LogP contribution in [-0.2, 0) is 17.8 Å². The largest absolute Gasteiger partial charge is 0.467 e. The first-order valence-electron chi connectivity index (χ1n) is 7.64. The zero-order chi connectivity index (χ0) is 16.2. The number of β-amino-alcohol motifs (C(OH)–C–C–N with tert-alkyl or cyclic N) is 1. The third-order valence-electron chi connectivity index (χ3n) is 3.90. The molecule has 1 N–H and O–H groups in total. The van der Waals surface area contributed by atoms with E-state index in [1.54, 1.807) is 18.4 Å². The number of fused-ring (bicyclic) bond motifs is 1. The van der Waals surface area contributed by atoms with Crippen molar-refractivity contribution in [2.24, 2.45) is 0 Å². The highest BCUT2D eigenvalue weighted by atomic mass is 19.2. The molecule has 0 amide bonds. The summed E-state index contributed by atoms with van der Waals surface area (Å²) in [4.78, 5) is 1.88. The average molecular weight is 323 g/mol. The lowest BCUT2D eigenvalue weighted by Crippen LogP contribution is -2.38. The van der Waals surface area contributed by atoms with E-state index in [1.165, 1.54) is 12.1 Å². The molecule has 6 heteroatoms. The summed E-state index contributed by atoms with van der Waals surface area (Å²) in [5.74, 6) is -0.995. The highest BCUT2D eigenvalue weighted by Crippen LogP contribution is 2.29. The number of hydrogen-bond acceptors (Lipinski definition) is 4. The maximum absolute atomic E-state index is 13.5. The van der Waals surface area contributed by atoms with Gasteiger partial charge in [0, 0.05) is 24.8 Å². The van der Waals surface area contributed by atoms with Crippen LogP contribution in [0.3, 0.4) is 0 Å². The van der Waals surface area contributed by atoms with Gasteiger partial charge in [-0.2, -0.15) is 0 Å². The predicted octanol–water partition coefficient (Wildman–Crippen LogP) is 2.89. The van der Waals surface area contributed by atoms with Gasteiger partial charge in [-0.3, -0.25) is 0 Å². The van der Waals surface area contributed by atoms with Crippen molar-refractivity contribution < 1.29 is 23.0 Å². The number of ether oxygens (including phenoxy) is 1. The van der Waals surface area contributed by atoms with E-state index in [9.17, 15) is 13.9 Å². The Morgan fingerprint density at radius 2 is 2.13 bits per heavy atom. The van der Waals surface area contributed by atoms with E-state index in [-0.39, 0.29) is 6.61 Å². The lowest BCUT2D eigenvalue weighted by molar-refractivity contribution is 0.0254. The number of rotatable bonds is 6. The average Bonchev–Trinajstić information content (AvgIpc) is 3.02. The lowest BCUT2D eigenvalue weighted by Gasteiger charge is -2.33. The number of nitrogens with zero attached hydrogens (tertiary/aromatic N) is 1. The number of halogens is 2. The van der Waals surface area contributed by atoms with E-state index in [2.05, 4.69) is 0 Å². The quantitative estimate of drug-likeness (QED) is 0.888. The van der Waals surface area contributed by atoms with Gasteiger partial charge in [-0.15, -0.1) is 0 Å². The second-order valence-corrected chi connectivity index (χ2v) is 5.69. The summed E-state index contributed by atoms with van der Waals surface area (Å²) in [6.07, 6.45) is 2.41. The van der Waals surface area contributed by atoms with Gasteiger partial charge in [0.05, 0.1) is 19.0 Å². The number of benzene rings is 1. The second kappa shape index (κ2) is 7.10. The zero-order valence-electron chi connectivity index (χ0n) is 12.7. The summed E-state index contributed by atoms with van der Waals surface area (Å²) in [6.45, 7) is 1.46. The number of aliphatic hydroxyl groups excluding tert-OH is 1. The van der Waals surface area contributed by atoms with Crippen LogP contribution >= 0.6 is 0 Å². The summed E-state index contributed by atoms with van der Waals surface area (Å²) >= 11 is 0. The molecule has 1 atom stereocenters. The van der Waals surface area contributed by atoms with Crippen molar-refractivity contribution in [3.63, 3.8) is 0 Å². The van der Waals surface area contributed by atoms with Crippen molar-refractivity contribution in [3.8, 4) is 0 Å². The fourth-order valence-corrected chi connectivity index (χ4v) is 2.84. The monoisotopic (exact) mass is 323 g/mol. The Hall–Kier alpha value is -1.92. The number of aliphatic hydroxyl groups is 1. The van der Waals surface area contributed by atoms with E-state index >= 15 is 0 Å². The summed E-state index contributed by atoms with van der Waals surface area (Å²) in [7, 11) is 0. The summed E-state index contributed by atoms with van der Waals surface area (Å²) in [6, 6.07) is 6.02. The predicted molar refractivity (Wildman–Crippen MR) is 81.3 cm³/mol. The highest BCUT2D eigenvalue weighted by Gasteiger charge is 2.21. The first kappa shape index (κ1) is 16.0. The molecular weight excluding hydrogens is 304 g/mol. The van der Waals surface area contributed by atoms with Gasteiger partial charge in [-0.1, -0.05) is 0 Å². The molecular formula is C17H19F2NO3. The topological polar surface area (TPSA) is 45.8 Å². The molecule has 2 heterocycles. The van der Waals surface area contributed by atoms with Crippen LogP contribution in [0, 0.1) is 11.6 Å². The Labute approximate surface area is 133 Å². The van der Waals surface area contributed by atoms with Crippen LogP contribution in [0.25, 0.3) is 0 Å². The fourth-order valence-electron chi connectivity index (χ4n) is 2.84. The van der Waals surface area contributed by atoms with Gasteiger partial charge >= 0.3 is 0 Å². The van der Waals surface area contributed by atoms with Crippen molar-refractivity contribution in [2.45, 2.75) is 25.6 Å². The van der Waals surface area contributed by atoms with Crippen LogP contribution in [-0.4, -0.2) is 30.9 Å². The Balaban J connectivity index is 1.57. The molecule has 0 saturated heterocycles. The van der Waals surface area contributed by atoms with Crippen LogP contribution in [0.2, 0.25) is 0 Å². The van der Waals surface area contributed by atoms with E-state index < -0.39 is 17.7 Å². The number of anilines is 1. The van der Waals surface area contributed by atoms with Crippen molar-refractivity contribution >= 4 is 5.69 Å². The van der Waals surface area contributed by atoms with Crippen molar-refractivity contribution in [3.05, 3.63) is 53.5 Å². The molecule has 0 aliphatic carbocycles. The van der Waals surface area contributed by atoms with Crippen LogP contribution in [0.1, 0.15) is 17.7 Å². The van der Waals surface area contributed by atoms with Gasteiger partial charge in [0.1, 0.15) is 12.4 Å². The lowest BCUT2D eigenvalue weighted by atomic mass is 10.0. The number of aryl methyl sites for hydroxylation is 1. The molecule has 0 bridgehead atoms. The van der Waals surface area contributed by atoms with E-state index in [0.29, 0.717) is 37.6 Å². The first-order valence-corrected chi connectivity index (χ1v) is 7.64. The minimum absolute atomic E-state index is 0.149. The standard InChI is InChI=1S/C17H19F2NO3/c18-15-7-12-3-1-5-20(17(12)8-16(15)19)9-13(21)10-22-11-14-4-2-6-23-14/h2,4,6-8,13,21H,1,3,5,9-11H2. The van der Waals surface area contributed by atoms with Crippen LogP contribution in [0.15, 0.2) is 34.9 Å². The van der Waals surface area contributed by atoms with E-state index in [0.717, 1.165) is 12.0 Å². The minimum atomic E-state index is -0.862. The van der Waals surface area contributed by atoms with Gasteiger partial charge in [0.25, 0.3) is 0 Å². The number of hydrogen-bond donors (Lipinski definition) is 1. The second-order valence-electron chi connectivity index (χ2n) is 5.69. The zero-order valence-corrected chi connectivity index (χ0v) is 12.7. The van der Waals surface area contributed by atoms with Gasteiger partial charge < -0.3 is 19.2 Å². The normalized spacial score (nSPS) is 15.5. The van der Waals surface area contributed by atoms with Crippen molar-refractivity contribution in [1.29, 1.82) is 0 Å². The van der Waals surface area contributed by atoms with E-state index in [1.807, 2.05) is 4.90 Å². The Morgan fingerprint density at radius 1 is 1.30 bits per heavy atom. The molecule has 3 rings (SSSR count). The smallest absolute Gasteiger partial charge is 0.160 e. The minimum Gasteiger partial charge on any atom is -0.467 e. The van der Waals surface area contributed by atoms with Crippen LogP contribution < -0.4 is 4.90 Å². The Kier molecular flexibility index (Phi) is 4.93. The summed E-state index contributed by atoms with van der Waals surface area (Å²) < 4.78 is 37.4. The maximum atomic E-state index is 13.5. The van der Waals surface area contributed by atoms with Gasteiger partial charge in [0.2, 0.25) is 0 Å². The summed E-state index contributed by atoms with van der Waals surface area (Å²) in [5, 5.41) is 10.1. The van der Waals surface area contributed by atoms with Crippen LogP contribution in [0.5, 0.6) is 0 Å².